The third-order valence-corrected chi connectivity index (χ3v) is 3.49. The van der Waals surface area contributed by atoms with Gasteiger partial charge in [-0.25, -0.2) is 9.78 Å². The number of nitrogens with one attached hydrogen (secondary N) is 1. The standard InChI is InChI=1S/C12H11ClN2O4S/c1-18-9-4-7(10(19-2)3-6(9)13)14-12-15-8(5-20-12)11(16)17/h3-5H,1-2H3,(H,14,15)(H,16,17). The Kier molecular flexibility index (Phi) is 4.31. The van der Waals surface area contributed by atoms with Gasteiger partial charge in [-0.2, -0.15) is 0 Å². The van der Waals surface area contributed by atoms with Crippen LogP contribution in [0.25, 0.3) is 0 Å². The van der Waals surface area contributed by atoms with Crippen LogP contribution in [0.1, 0.15) is 10.5 Å². The maximum Gasteiger partial charge on any atom is 0.355 e. The lowest BCUT2D eigenvalue weighted by molar-refractivity contribution is 0.0691. The molecular formula is C12H11ClN2O4S. The molecule has 0 atom stereocenters. The van der Waals surface area contributed by atoms with E-state index in [4.69, 9.17) is 26.2 Å². The molecule has 0 saturated heterocycles. The fourth-order valence-corrected chi connectivity index (χ4v) is 2.43. The molecule has 0 aliphatic carbocycles. The summed E-state index contributed by atoms with van der Waals surface area (Å²) in [7, 11) is 3.01. The van der Waals surface area contributed by atoms with E-state index in [2.05, 4.69) is 10.3 Å². The van der Waals surface area contributed by atoms with Gasteiger partial charge >= 0.3 is 5.97 Å². The van der Waals surface area contributed by atoms with Gasteiger partial charge in [-0.1, -0.05) is 11.6 Å². The fourth-order valence-electron chi connectivity index (χ4n) is 1.50. The average molecular weight is 315 g/mol. The van der Waals surface area contributed by atoms with E-state index in [1.165, 1.54) is 30.9 Å². The number of carbonyl (C=O) groups is 1. The summed E-state index contributed by atoms with van der Waals surface area (Å²) in [6.45, 7) is 0. The maximum absolute atomic E-state index is 10.8. The van der Waals surface area contributed by atoms with Crippen molar-refractivity contribution in [3.8, 4) is 11.5 Å². The minimum atomic E-state index is -1.07. The van der Waals surface area contributed by atoms with Crippen molar-refractivity contribution in [3.63, 3.8) is 0 Å². The van der Waals surface area contributed by atoms with Crippen LogP contribution in [0.5, 0.6) is 11.5 Å². The molecular weight excluding hydrogens is 304 g/mol. The maximum atomic E-state index is 10.8. The van der Waals surface area contributed by atoms with E-state index in [-0.39, 0.29) is 5.69 Å². The highest BCUT2D eigenvalue weighted by atomic mass is 35.5. The number of rotatable bonds is 5. The molecule has 0 spiro atoms. The highest BCUT2D eigenvalue weighted by molar-refractivity contribution is 7.14. The van der Waals surface area contributed by atoms with Gasteiger partial charge in [0.05, 0.1) is 24.9 Å². The molecule has 0 fully saturated rings. The molecule has 1 aromatic carbocycles. The highest BCUT2D eigenvalue weighted by Gasteiger charge is 2.13. The van der Waals surface area contributed by atoms with Gasteiger partial charge in [0, 0.05) is 17.5 Å². The molecule has 1 heterocycles. The second kappa shape index (κ2) is 5.98. The lowest BCUT2D eigenvalue weighted by atomic mass is 10.2. The van der Waals surface area contributed by atoms with Crippen molar-refractivity contribution >= 4 is 39.7 Å². The molecule has 0 unspecified atom stereocenters. The lowest BCUT2D eigenvalue weighted by Crippen LogP contribution is -1.99. The Hall–Kier alpha value is -1.99. The molecule has 1 aromatic heterocycles. The van der Waals surface area contributed by atoms with Gasteiger partial charge in [-0.3, -0.25) is 0 Å². The first-order valence-electron chi connectivity index (χ1n) is 5.42. The van der Waals surface area contributed by atoms with E-state index < -0.39 is 5.97 Å². The molecule has 6 nitrogen and oxygen atoms in total. The number of benzene rings is 1. The number of carboxylic acids is 1. The number of carboxylic acid groups (broad SMARTS) is 1. The fraction of sp³-hybridized carbons (Fsp3) is 0.167. The largest absolute Gasteiger partial charge is 0.495 e. The number of methoxy groups -OCH3 is 2. The number of thiazole rings is 1. The summed E-state index contributed by atoms with van der Waals surface area (Å²) in [5.41, 5.74) is 0.567. The number of anilines is 2. The normalized spacial score (nSPS) is 10.2. The van der Waals surface area contributed by atoms with Gasteiger partial charge in [0.2, 0.25) is 0 Å². The Bertz CT molecular complexity index is 644. The van der Waals surface area contributed by atoms with Crippen molar-refractivity contribution in [2.75, 3.05) is 19.5 Å². The Morgan fingerprint density at radius 1 is 1.35 bits per heavy atom. The second-order valence-electron chi connectivity index (χ2n) is 3.66. The van der Waals surface area contributed by atoms with Crippen LogP contribution < -0.4 is 14.8 Å². The van der Waals surface area contributed by atoms with Crippen LogP contribution in [-0.2, 0) is 0 Å². The number of nitrogens with zero attached hydrogens (tertiary/aromatic N) is 1. The number of hydrogen-bond donors (Lipinski definition) is 2. The van der Waals surface area contributed by atoms with E-state index in [9.17, 15) is 4.79 Å². The van der Waals surface area contributed by atoms with Crippen LogP contribution in [0, 0.1) is 0 Å². The van der Waals surface area contributed by atoms with Crippen molar-refractivity contribution in [3.05, 3.63) is 28.2 Å². The van der Waals surface area contributed by atoms with Gasteiger partial charge in [-0.05, 0) is 0 Å². The Balaban J connectivity index is 2.33. The molecule has 0 saturated carbocycles. The first-order chi connectivity index (χ1) is 9.55. The summed E-state index contributed by atoms with van der Waals surface area (Å²) >= 11 is 7.18. The SMILES string of the molecule is COc1cc(Nc2nc(C(=O)O)cs2)c(OC)cc1Cl. The van der Waals surface area contributed by atoms with Gasteiger partial charge in [0.15, 0.2) is 10.8 Å². The Morgan fingerprint density at radius 3 is 2.60 bits per heavy atom. The van der Waals surface area contributed by atoms with Gasteiger partial charge in [-0.15, -0.1) is 11.3 Å². The molecule has 0 aliphatic rings. The Morgan fingerprint density at radius 2 is 2.05 bits per heavy atom. The predicted octanol–water partition coefficient (Wildman–Crippen LogP) is 3.26. The third-order valence-electron chi connectivity index (χ3n) is 2.44. The molecule has 106 valence electrons. The summed E-state index contributed by atoms with van der Waals surface area (Å²) in [6.07, 6.45) is 0. The van der Waals surface area contributed by atoms with Crippen LogP contribution in [0.4, 0.5) is 10.8 Å². The third kappa shape index (κ3) is 2.94. The first kappa shape index (κ1) is 14.4. The van der Waals surface area contributed by atoms with Crippen LogP contribution in [-0.4, -0.2) is 30.3 Å². The van der Waals surface area contributed by atoms with E-state index in [0.29, 0.717) is 27.3 Å². The summed E-state index contributed by atoms with van der Waals surface area (Å²) < 4.78 is 10.3. The van der Waals surface area contributed by atoms with Crippen LogP contribution >= 0.6 is 22.9 Å². The molecule has 0 aliphatic heterocycles. The zero-order chi connectivity index (χ0) is 14.7. The summed E-state index contributed by atoms with van der Waals surface area (Å²) in [4.78, 5) is 14.7. The smallest absolute Gasteiger partial charge is 0.355 e. The monoisotopic (exact) mass is 314 g/mol. The number of aromatic carboxylic acids is 1. The van der Waals surface area contributed by atoms with E-state index >= 15 is 0 Å². The lowest BCUT2D eigenvalue weighted by Gasteiger charge is -2.12. The number of ether oxygens (including phenoxy) is 2. The molecule has 2 rings (SSSR count). The Labute approximate surface area is 123 Å². The van der Waals surface area contributed by atoms with Crippen molar-refractivity contribution < 1.29 is 19.4 Å². The molecule has 2 N–H and O–H groups in total. The number of aromatic nitrogens is 1. The van der Waals surface area contributed by atoms with Crippen LogP contribution in [0.3, 0.4) is 0 Å². The van der Waals surface area contributed by atoms with Crippen molar-refractivity contribution in [2.45, 2.75) is 0 Å². The van der Waals surface area contributed by atoms with Crippen LogP contribution in [0.15, 0.2) is 17.5 Å². The average Bonchev–Trinajstić information content (AvgIpc) is 2.89. The van der Waals surface area contributed by atoms with Crippen LogP contribution in [0.2, 0.25) is 5.02 Å². The molecule has 20 heavy (non-hydrogen) atoms. The first-order valence-corrected chi connectivity index (χ1v) is 6.68. The minimum Gasteiger partial charge on any atom is -0.495 e. The molecule has 0 bridgehead atoms. The van der Waals surface area contributed by atoms with Gasteiger partial charge in [0.25, 0.3) is 0 Å². The summed E-state index contributed by atoms with van der Waals surface area (Å²) in [5, 5.41) is 14.1. The minimum absolute atomic E-state index is 0.0163. The molecule has 2 aromatic rings. The quantitative estimate of drug-likeness (QED) is 0.881. The molecule has 0 radical (unpaired) electrons. The van der Waals surface area contributed by atoms with Crippen molar-refractivity contribution in [2.24, 2.45) is 0 Å². The highest BCUT2D eigenvalue weighted by Crippen LogP contribution is 2.37. The van der Waals surface area contributed by atoms with E-state index in [0.717, 1.165) is 0 Å². The number of hydrogen-bond acceptors (Lipinski definition) is 6. The zero-order valence-corrected chi connectivity index (χ0v) is 12.2. The van der Waals surface area contributed by atoms with Crippen molar-refractivity contribution in [1.29, 1.82) is 0 Å². The predicted molar refractivity (Wildman–Crippen MR) is 76.9 cm³/mol. The second-order valence-corrected chi connectivity index (χ2v) is 4.92. The van der Waals surface area contributed by atoms with E-state index in [1.807, 2.05) is 0 Å². The number of halogens is 1. The topological polar surface area (TPSA) is 80.7 Å². The molecule has 8 heteroatoms. The van der Waals surface area contributed by atoms with Crippen molar-refractivity contribution in [1.82, 2.24) is 4.98 Å². The molecule has 0 amide bonds. The van der Waals surface area contributed by atoms with E-state index in [1.54, 1.807) is 12.1 Å². The zero-order valence-electron chi connectivity index (χ0n) is 10.6. The van der Waals surface area contributed by atoms with Gasteiger partial charge in [0.1, 0.15) is 11.5 Å². The summed E-state index contributed by atoms with van der Waals surface area (Å²) in [5.74, 6) is -0.0946. The summed E-state index contributed by atoms with van der Waals surface area (Å²) in [6, 6.07) is 3.26. The van der Waals surface area contributed by atoms with Gasteiger partial charge < -0.3 is 19.9 Å².